The molecular weight excluding hydrogens is 280 g/mol. The highest BCUT2D eigenvalue weighted by molar-refractivity contribution is 7.09. The highest BCUT2D eigenvalue weighted by atomic mass is 32.1. The second kappa shape index (κ2) is 7.23. The third-order valence-corrected chi connectivity index (χ3v) is 5.72. The van der Waals surface area contributed by atoms with Crippen molar-refractivity contribution in [1.29, 1.82) is 0 Å². The van der Waals surface area contributed by atoms with Gasteiger partial charge in [-0.05, 0) is 49.1 Å². The van der Waals surface area contributed by atoms with Crippen molar-refractivity contribution in [3.05, 3.63) is 22.4 Å². The summed E-state index contributed by atoms with van der Waals surface area (Å²) in [7, 11) is 0. The molecule has 1 saturated carbocycles. The van der Waals surface area contributed by atoms with Gasteiger partial charge in [0.2, 0.25) is 0 Å². The molecular formula is C17H28N2OS. The Balaban J connectivity index is 1.60. The third-order valence-electron chi connectivity index (χ3n) is 4.86. The fourth-order valence-corrected chi connectivity index (χ4v) is 3.97. The van der Waals surface area contributed by atoms with E-state index in [0.29, 0.717) is 5.41 Å². The number of nitrogens with one attached hydrogen (secondary N) is 1. The molecule has 1 aliphatic carbocycles. The zero-order valence-corrected chi connectivity index (χ0v) is 14.0. The summed E-state index contributed by atoms with van der Waals surface area (Å²) >= 11 is 1.87. The summed E-state index contributed by atoms with van der Waals surface area (Å²) in [5.41, 5.74) is 0.411. The van der Waals surface area contributed by atoms with E-state index in [1.54, 1.807) is 0 Å². The largest absolute Gasteiger partial charge is 0.381 e. The minimum Gasteiger partial charge on any atom is -0.381 e. The van der Waals surface area contributed by atoms with Crippen LogP contribution in [0, 0.1) is 5.41 Å². The molecule has 1 aliphatic heterocycles. The smallest absolute Gasteiger partial charge is 0.0472 e. The van der Waals surface area contributed by atoms with E-state index < -0.39 is 0 Å². The van der Waals surface area contributed by atoms with Crippen LogP contribution in [0.2, 0.25) is 0 Å². The highest BCUT2D eigenvalue weighted by Crippen LogP contribution is 2.33. The van der Waals surface area contributed by atoms with E-state index in [2.05, 4.69) is 34.7 Å². The van der Waals surface area contributed by atoms with Gasteiger partial charge in [0.05, 0.1) is 0 Å². The summed E-state index contributed by atoms with van der Waals surface area (Å²) in [6.07, 6.45) is 5.15. The Hall–Kier alpha value is -0.420. The van der Waals surface area contributed by atoms with Crippen LogP contribution in [0.4, 0.5) is 0 Å². The van der Waals surface area contributed by atoms with Crippen molar-refractivity contribution in [2.75, 3.05) is 32.8 Å². The number of thiophene rings is 1. The van der Waals surface area contributed by atoms with Crippen molar-refractivity contribution in [1.82, 2.24) is 10.2 Å². The molecule has 2 fully saturated rings. The van der Waals surface area contributed by atoms with E-state index in [9.17, 15) is 0 Å². The Morgan fingerprint density at radius 2 is 2.19 bits per heavy atom. The van der Waals surface area contributed by atoms with E-state index in [1.165, 1.54) is 43.6 Å². The number of ether oxygens (including phenoxy) is 1. The van der Waals surface area contributed by atoms with Crippen molar-refractivity contribution in [3.8, 4) is 0 Å². The Morgan fingerprint density at radius 1 is 1.38 bits per heavy atom. The molecule has 2 aliphatic rings. The van der Waals surface area contributed by atoms with Crippen LogP contribution in [-0.2, 0) is 11.3 Å². The number of rotatable bonds is 8. The quantitative estimate of drug-likeness (QED) is 0.798. The molecule has 118 valence electrons. The first-order valence-electron chi connectivity index (χ1n) is 8.35. The van der Waals surface area contributed by atoms with Gasteiger partial charge in [0.25, 0.3) is 0 Å². The minimum atomic E-state index is 0.411. The second-order valence-corrected chi connectivity index (χ2v) is 7.68. The summed E-state index contributed by atoms with van der Waals surface area (Å²) in [5.74, 6) is 0. The Morgan fingerprint density at radius 3 is 2.81 bits per heavy atom. The highest BCUT2D eigenvalue weighted by Gasteiger charge is 2.35. The van der Waals surface area contributed by atoms with E-state index in [4.69, 9.17) is 4.74 Å². The fraction of sp³-hybridized carbons (Fsp3) is 0.765. The van der Waals surface area contributed by atoms with Crippen LogP contribution in [-0.4, -0.2) is 43.8 Å². The van der Waals surface area contributed by atoms with Crippen molar-refractivity contribution in [2.45, 2.75) is 45.2 Å². The molecule has 0 unspecified atom stereocenters. The number of hydrogen-bond donors (Lipinski definition) is 1. The van der Waals surface area contributed by atoms with Crippen molar-refractivity contribution < 1.29 is 4.74 Å². The van der Waals surface area contributed by atoms with E-state index in [1.807, 2.05) is 11.3 Å². The van der Waals surface area contributed by atoms with Crippen LogP contribution in [0.15, 0.2) is 17.5 Å². The maximum atomic E-state index is 5.62. The van der Waals surface area contributed by atoms with Crippen LogP contribution in [0.1, 0.15) is 37.5 Å². The van der Waals surface area contributed by atoms with Crippen molar-refractivity contribution >= 4 is 11.3 Å². The van der Waals surface area contributed by atoms with Crippen molar-refractivity contribution in [2.24, 2.45) is 5.41 Å². The molecule has 1 N–H and O–H groups in total. The minimum absolute atomic E-state index is 0.411. The summed E-state index contributed by atoms with van der Waals surface area (Å²) in [5, 5.41) is 5.96. The van der Waals surface area contributed by atoms with Gasteiger partial charge in [0, 0.05) is 43.8 Å². The number of hydrogen-bond acceptors (Lipinski definition) is 4. The molecule has 0 atom stereocenters. The Bertz CT molecular complexity index is 410. The number of nitrogens with zero attached hydrogens (tertiary/aromatic N) is 1. The summed E-state index contributed by atoms with van der Waals surface area (Å²) in [6.45, 7) is 8.75. The van der Waals surface area contributed by atoms with Gasteiger partial charge in [-0.1, -0.05) is 13.0 Å². The zero-order chi connectivity index (χ0) is 14.5. The Kier molecular flexibility index (Phi) is 5.33. The molecule has 21 heavy (non-hydrogen) atoms. The predicted octanol–water partition coefficient (Wildman–Crippen LogP) is 3.12. The molecule has 2 heterocycles. The van der Waals surface area contributed by atoms with Gasteiger partial charge in [0.1, 0.15) is 0 Å². The molecule has 1 aromatic rings. The van der Waals surface area contributed by atoms with Crippen LogP contribution < -0.4 is 5.32 Å². The monoisotopic (exact) mass is 308 g/mol. The summed E-state index contributed by atoms with van der Waals surface area (Å²) in [6, 6.07) is 5.22. The molecule has 0 amide bonds. The van der Waals surface area contributed by atoms with Gasteiger partial charge in [-0.25, -0.2) is 0 Å². The predicted molar refractivity (Wildman–Crippen MR) is 88.8 cm³/mol. The molecule has 3 rings (SSSR count). The van der Waals surface area contributed by atoms with E-state index in [0.717, 1.165) is 32.3 Å². The third kappa shape index (κ3) is 4.52. The average Bonchev–Trinajstić information content (AvgIpc) is 3.21. The molecule has 0 spiro atoms. The molecule has 0 radical (unpaired) electrons. The van der Waals surface area contributed by atoms with E-state index in [-0.39, 0.29) is 0 Å². The zero-order valence-electron chi connectivity index (χ0n) is 13.1. The van der Waals surface area contributed by atoms with Crippen LogP contribution >= 0.6 is 11.3 Å². The lowest BCUT2D eigenvalue weighted by Gasteiger charge is -2.41. The molecule has 1 saturated heterocycles. The lowest BCUT2D eigenvalue weighted by molar-refractivity contribution is -0.00500. The first kappa shape index (κ1) is 15.5. The van der Waals surface area contributed by atoms with Gasteiger partial charge in [-0.15, -0.1) is 11.3 Å². The second-order valence-electron chi connectivity index (χ2n) is 6.65. The Labute approximate surface area is 132 Å². The molecule has 0 bridgehead atoms. The van der Waals surface area contributed by atoms with Crippen LogP contribution in [0.5, 0.6) is 0 Å². The van der Waals surface area contributed by atoms with Gasteiger partial charge in [-0.3, -0.25) is 4.90 Å². The average molecular weight is 308 g/mol. The lowest BCUT2D eigenvalue weighted by atomic mass is 9.79. The molecule has 4 heteroatoms. The lowest BCUT2D eigenvalue weighted by Crippen LogP contribution is -2.47. The fourth-order valence-electron chi connectivity index (χ4n) is 3.22. The van der Waals surface area contributed by atoms with Gasteiger partial charge >= 0.3 is 0 Å². The summed E-state index contributed by atoms with van der Waals surface area (Å²) < 4.78 is 5.62. The standard InChI is InChI=1S/C17H28N2OS/c1-2-19(12-16-4-3-11-21-16)14-17(7-9-20-10-8-17)13-18-15-5-6-15/h3-4,11,15,18H,2,5-10,12-14H2,1H3. The molecule has 3 nitrogen and oxygen atoms in total. The van der Waals surface area contributed by atoms with Crippen molar-refractivity contribution in [3.63, 3.8) is 0 Å². The first-order chi connectivity index (χ1) is 10.3. The SMILES string of the molecule is CCN(Cc1cccs1)CC1(CNC2CC2)CCOCC1. The van der Waals surface area contributed by atoms with E-state index >= 15 is 0 Å². The van der Waals surface area contributed by atoms with Crippen LogP contribution in [0.25, 0.3) is 0 Å². The summed E-state index contributed by atoms with van der Waals surface area (Å²) in [4.78, 5) is 4.10. The normalized spacial score (nSPS) is 21.8. The first-order valence-corrected chi connectivity index (χ1v) is 9.23. The maximum Gasteiger partial charge on any atom is 0.0472 e. The van der Waals surface area contributed by atoms with Gasteiger partial charge in [-0.2, -0.15) is 0 Å². The molecule has 1 aromatic heterocycles. The molecule has 0 aromatic carbocycles. The maximum absolute atomic E-state index is 5.62. The topological polar surface area (TPSA) is 24.5 Å². The van der Waals surface area contributed by atoms with Gasteiger partial charge in [0.15, 0.2) is 0 Å². The van der Waals surface area contributed by atoms with Crippen LogP contribution in [0.3, 0.4) is 0 Å². The van der Waals surface area contributed by atoms with Gasteiger partial charge < -0.3 is 10.1 Å².